The molecule has 0 saturated carbocycles. The molecule has 5 heteroatoms. The lowest BCUT2D eigenvalue weighted by Crippen LogP contribution is -2.29. The average molecular weight is 287 g/mol. The van der Waals surface area contributed by atoms with Gasteiger partial charge in [0.1, 0.15) is 0 Å². The molecule has 0 saturated heterocycles. The number of aliphatic hydroxyl groups is 1. The molecule has 1 amide bonds. The van der Waals surface area contributed by atoms with Crippen LogP contribution in [0.4, 0.5) is 0 Å². The number of carbonyl (C=O) groups is 1. The normalized spacial score (nSPS) is 12.4. The Balaban J connectivity index is 1.85. The molecule has 0 bridgehead atoms. The van der Waals surface area contributed by atoms with E-state index in [1.165, 1.54) is 0 Å². The van der Waals surface area contributed by atoms with Crippen LogP contribution in [-0.2, 0) is 11.3 Å². The second-order valence-corrected chi connectivity index (χ2v) is 5.41. The third-order valence-corrected chi connectivity index (χ3v) is 3.36. The summed E-state index contributed by atoms with van der Waals surface area (Å²) in [5.41, 5.74) is 1.99. The summed E-state index contributed by atoms with van der Waals surface area (Å²) in [5, 5.41) is 16.6. The molecule has 2 rings (SSSR count). The van der Waals surface area contributed by atoms with Gasteiger partial charge in [0.05, 0.1) is 18.2 Å². The summed E-state index contributed by atoms with van der Waals surface area (Å²) in [6, 6.07) is 9.69. The molecular formula is C16H21N3O2. The van der Waals surface area contributed by atoms with Gasteiger partial charge in [-0.3, -0.25) is 4.79 Å². The predicted molar refractivity (Wildman–Crippen MR) is 80.9 cm³/mol. The number of hydrogen-bond donors (Lipinski definition) is 2. The smallest absolute Gasteiger partial charge is 0.222 e. The topological polar surface area (TPSA) is 67.2 Å². The Hall–Kier alpha value is -2.14. The Morgan fingerprint density at radius 2 is 2.05 bits per heavy atom. The Bertz CT molecular complexity index is 562. The van der Waals surface area contributed by atoms with Crippen LogP contribution >= 0.6 is 0 Å². The molecule has 0 fully saturated rings. The highest BCUT2D eigenvalue weighted by Gasteiger charge is 2.13. The fraction of sp³-hybridized carbons (Fsp3) is 0.375. The fourth-order valence-corrected chi connectivity index (χ4v) is 1.89. The van der Waals surface area contributed by atoms with Gasteiger partial charge in [0, 0.05) is 18.9 Å². The van der Waals surface area contributed by atoms with Crippen LogP contribution < -0.4 is 5.32 Å². The average Bonchev–Trinajstić information content (AvgIpc) is 2.99. The van der Waals surface area contributed by atoms with Crippen LogP contribution in [0.2, 0.25) is 0 Å². The van der Waals surface area contributed by atoms with Gasteiger partial charge in [-0.25, -0.2) is 4.68 Å². The van der Waals surface area contributed by atoms with Gasteiger partial charge in [0.15, 0.2) is 0 Å². The van der Waals surface area contributed by atoms with Gasteiger partial charge in [-0.2, -0.15) is 5.10 Å². The number of hydrogen-bond acceptors (Lipinski definition) is 3. The molecule has 0 aliphatic rings. The van der Waals surface area contributed by atoms with Crippen LogP contribution in [0.25, 0.3) is 5.69 Å². The van der Waals surface area contributed by atoms with Crippen molar-refractivity contribution in [3.8, 4) is 5.69 Å². The number of carbonyl (C=O) groups excluding carboxylic acids is 1. The molecule has 0 radical (unpaired) electrons. The van der Waals surface area contributed by atoms with Crippen molar-refractivity contribution in [2.24, 2.45) is 5.92 Å². The molecule has 2 N–H and O–H groups in total. The lowest BCUT2D eigenvalue weighted by atomic mass is 10.0. The monoisotopic (exact) mass is 287 g/mol. The highest BCUT2D eigenvalue weighted by atomic mass is 16.3. The van der Waals surface area contributed by atoms with Gasteiger partial charge >= 0.3 is 0 Å². The minimum Gasteiger partial charge on any atom is -0.392 e. The molecule has 1 aromatic heterocycles. The second kappa shape index (κ2) is 7.04. The van der Waals surface area contributed by atoms with Gasteiger partial charge in [-0.15, -0.1) is 0 Å². The quantitative estimate of drug-likeness (QED) is 0.852. The van der Waals surface area contributed by atoms with Crippen molar-refractivity contribution in [1.82, 2.24) is 15.1 Å². The van der Waals surface area contributed by atoms with E-state index >= 15 is 0 Å². The molecular weight excluding hydrogens is 266 g/mol. The summed E-state index contributed by atoms with van der Waals surface area (Å²) >= 11 is 0. The highest BCUT2D eigenvalue weighted by molar-refractivity contribution is 5.76. The second-order valence-electron chi connectivity index (χ2n) is 5.41. The number of aliphatic hydroxyl groups excluding tert-OH is 1. The number of aromatic nitrogens is 2. The van der Waals surface area contributed by atoms with Crippen molar-refractivity contribution in [1.29, 1.82) is 0 Å². The maximum atomic E-state index is 11.7. The molecule has 112 valence electrons. The fourth-order valence-electron chi connectivity index (χ4n) is 1.89. The van der Waals surface area contributed by atoms with Gasteiger partial charge in [0.25, 0.3) is 0 Å². The lowest BCUT2D eigenvalue weighted by molar-refractivity contribution is -0.123. The van der Waals surface area contributed by atoms with Gasteiger partial charge < -0.3 is 10.4 Å². The number of nitrogens with one attached hydrogen (secondary N) is 1. The van der Waals surface area contributed by atoms with Crippen LogP contribution in [0.1, 0.15) is 25.8 Å². The maximum absolute atomic E-state index is 11.7. The summed E-state index contributed by atoms with van der Waals surface area (Å²) in [5.74, 6) is -0.0449. The van der Waals surface area contributed by atoms with Crippen molar-refractivity contribution in [2.75, 3.05) is 0 Å². The van der Waals surface area contributed by atoms with E-state index in [9.17, 15) is 9.90 Å². The van der Waals surface area contributed by atoms with Gasteiger partial charge in [-0.1, -0.05) is 26.0 Å². The number of rotatable bonds is 6. The van der Waals surface area contributed by atoms with E-state index in [-0.39, 0.29) is 18.2 Å². The Labute approximate surface area is 124 Å². The van der Waals surface area contributed by atoms with E-state index in [1.54, 1.807) is 10.9 Å². The van der Waals surface area contributed by atoms with E-state index in [4.69, 9.17) is 0 Å². The standard InChI is InChI=1S/C16H21N3O2/c1-12(2)15(20)10-16(21)17-11-13-4-6-14(7-5-13)19-9-3-8-18-19/h3-9,12,15,20H,10-11H2,1-2H3,(H,17,21). The number of benzene rings is 1. The number of amides is 1. The van der Waals surface area contributed by atoms with Crippen molar-refractivity contribution in [2.45, 2.75) is 32.9 Å². The first kappa shape index (κ1) is 15.3. The van der Waals surface area contributed by atoms with Crippen LogP contribution in [0.5, 0.6) is 0 Å². The minimum absolute atomic E-state index is 0.0871. The van der Waals surface area contributed by atoms with E-state index in [0.717, 1.165) is 11.3 Å². The number of nitrogens with zero attached hydrogens (tertiary/aromatic N) is 2. The first-order valence-corrected chi connectivity index (χ1v) is 7.10. The van der Waals surface area contributed by atoms with Crippen molar-refractivity contribution in [3.63, 3.8) is 0 Å². The zero-order valence-corrected chi connectivity index (χ0v) is 12.4. The van der Waals surface area contributed by atoms with Crippen molar-refractivity contribution >= 4 is 5.91 Å². The Kier molecular flexibility index (Phi) is 5.11. The zero-order chi connectivity index (χ0) is 15.2. The summed E-state index contributed by atoms with van der Waals surface area (Å²) in [7, 11) is 0. The zero-order valence-electron chi connectivity index (χ0n) is 12.4. The highest BCUT2D eigenvalue weighted by Crippen LogP contribution is 2.09. The maximum Gasteiger partial charge on any atom is 0.222 e. The third-order valence-electron chi connectivity index (χ3n) is 3.36. The van der Waals surface area contributed by atoms with Crippen molar-refractivity contribution in [3.05, 3.63) is 48.3 Å². The van der Waals surface area contributed by atoms with Crippen LogP contribution in [0.3, 0.4) is 0 Å². The van der Waals surface area contributed by atoms with Crippen LogP contribution in [-0.4, -0.2) is 26.9 Å². The molecule has 21 heavy (non-hydrogen) atoms. The van der Waals surface area contributed by atoms with E-state index in [0.29, 0.717) is 6.54 Å². The van der Waals surface area contributed by atoms with E-state index in [2.05, 4.69) is 10.4 Å². The molecule has 1 aromatic carbocycles. The summed E-state index contributed by atoms with van der Waals surface area (Å²) in [4.78, 5) is 11.7. The third kappa shape index (κ3) is 4.43. The first-order chi connectivity index (χ1) is 10.1. The van der Waals surface area contributed by atoms with Crippen LogP contribution in [0, 0.1) is 5.92 Å². The van der Waals surface area contributed by atoms with Gasteiger partial charge in [-0.05, 0) is 29.7 Å². The summed E-state index contributed by atoms with van der Waals surface area (Å²) < 4.78 is 1.78. The predicted octanol–water partition coefficient (Wildman–Crippen LogP) is 1.90. The molecule has 1 heterocycles. The lowest BCUT2D eigenvalue weighted by Gasteiger charge is -2.14. The van der Waals surface area contributed by atoms with Crippen LogP contribution in [0.15, 0.2) is 42.7 Å². The molecule has 1 unspecified atom stereocenters. The summed E-state index contributed by atoms with van der Waals surface area (Å²) in [6.07, 6.45) is 3.16. The SMILES string of the molecule is CC(C)C(O)CC(=O)NCc1ccc(-n2cccn2)cc1. The van der Waals surface area contributed by atoms with E-state index in [1.807, 2.05) is 50.4 Å². The Morgan fingerprint density at radius 3 is 2.62 bits per heavy atom. The molecule has 5 nitrogen and oxygen atoms in total. The molecule has 0 aliphatic heterocycles. The largest absolute Gasteiger partial charge is 0.392 e. The molecule has 2 aromatic rings. The van der Waals surface area contributed by atoms with Crippen molar-refractivity contribution < 1.29 is 9.90 Å². The minimum atomic E-state index is -0.591. The first-order valence-electron chi connectivity index (χ1n) is 7.10. The summed E-state index contributed by atoms with van der Waals surface area (Å²) in [6.45, 7) is 4.25. The molecule has 0 aliphatic carbocycles. The molecule has 1 atom stereocenters. The van der Waals surface area contributed by atoms with Gasteiger partial charge in [0.2, 0.25) is 5.91 Å². The van der Waals surface area contributed by atoms with E-state index < -0.39 is 6.10 Å². The Morgan fingerprint density at radius 1 is 1.33 bits per heavy atom. The molecule has 0 spiro atoms.